The molecule has 1 unspecified atom stereocenters. The molecule has 0 radical (unpaired) electrons. The molecule has 2 rings (SSSR count). The predicted molar refractivity (Wildman–Crippen MR) is 68.2 cm³/mol. The molecule has 1 aliphatic rings. The smallest absolute Gasteiger partial charge is 0.0981 e. The van der Waals surface area contributed by atoms with Crippen LogP contribution < -0.4 is 0 Å². The topological polar surface area (TPSA) is 27.0 Å². The molecule has 1 aromatic carbocycles. The Labute approximate surface area is 104 Å². The van der Waals surface area contributed by atoms with Crippen LogP contribution in [0, 0.1) is 14.9 Å². The molecule has 0 bridgehead atoms. The van der Waals surface area contributed by atoms with Gasteiger partial charge < -0.3 is 0 Å². The van der Waals surface area contributed by atoms with Crippen LogP contribution in [0.4, 0.5) is 0 Å². The van der Waals surface area contributed by atoms with Crippen molar-refractivity contribution in [3.8, 4) is 6.07 Å². The minimum Gasteiger partial charge on any atom is -0.284 e. The monoisotopic (exact) mass is 312 g/mol. The molecule has 1 fully saturated rings. The van der Waals surface area contributed by atoms with Gasteiger partial charge in [0, 0.05) is 10.1 Å². The highest BCUT2D eigenvalue weighted by molar-refractivity contribution is 14.1. The third-order valence-corrected chi connectivity index (χ3v) is 3.53. The summed E-state index contributed by atoms with van der Waals surface area (Å²) in [5.74, 6) is 0. The van der Waals surface area contributed by atoms with Crippen molar-refractivity contribution < 1.29 is 0 Å². The van der Waals surface area contributed by atoms with Crippen molar-refractivity contribution in [3.05, 3.63) is 33.4 Å². The average Bonchev–Trinajstić information content (AvgIpc) is 2.69. The minimum absolute atomic E-state index is 0.129. The summed E-state index contributed by atoms with van der Waals surface area (Å²) in [6.07, 6.45) is 2.18. The maximum Gasteiger partial charge on any atom is 0.0981 e. The van der Waals surface area contributed by atoms with E-state index in [-0.39, 0.29) is 6.04 Å². The third kappa shape index (κ3) is 2.70. The average molecular weight is 312 g/mol. The summed E-state index contributed by atoms with van der Waals surface area (Å²) in [5.41, 5.74) is 1.30. The Kier molecular flexibility index (Phi) is 3.60. The van der Waals surface area contributed by atoms with E-state index < -0.39 is 0 Å². The zero-order valence-corrected chi connectivity index (χ0v) is 10.6. The van der Waals surface area contributed by atoms with E-state index in [1.807, 2.05) is 0 Å². The fourth-order valence-electron chi connectivity index (χ4n) is 1.99. The number of rotatable bonds is 2. The molecule has 1 heterocycles. The Morgan fingerprint density at radius 1 is 1.40 bits per heavy atom. The predicted octanol–water partition coefficient (Wildman–Crippen LogP) is 2.78. The van der Waals surface area contributed by atoms with Crippen molar-refractivity contribution >= 4 is 22.6 Å². The van der Waals surface area contributed by atoms with Crippen LogP contribution in [0.1, 0.15) is 18.4 Å². The Morgan fingerprint density at radius 3 is 2.80 bits per heavy atom. The van der Waals surface area contributed by atoms with Gasteiger partial charge in [-0.05, 0) is 59.7 Å². The standard InChI is InChI=1S/C12H13IN2/c13-11-5-3-10(4-6-11)9-15-7-1-2-12(15)8-14/h3-6,12H,1-2,7,9H2. The zero-order chi connectivity index (χ0) is 10.7. The zero-order valence-electron chi connectivity index (χ0n) is 8.49. The van der Waals surface area contributed by atoms with Crippen LogP contribution in [-0.4, -0.2) is 17.5 Å². The Balaban J connectivity index is 2.03. The summed E-state index contributed by atoms with van der Waals surface area (Å²) >= 11 is 2.31. The molecule has 0 aliphatic carbocycles. The first-order valence-corrected chi connectivity index (χ1v) is 6.25. The van der Waals surface area contributed by atoms with Gasteiger partial charge in [0.25, 0.3) is 0 Å². The second kappa shape index (κ2) is 4.95. The molecule has 0 spiro atoms. The third-order valence-electron chi connectivity index (χ3n) is 2.81. The molecule has 0 N–H and O–H groups in total. The van der Waals surface area contributed by atoms with Crippen LogP contribution in [0.3, 0.4) is 0 Å². The van der Waals surface area contributed by atoms with Gasteiger partial charge in [0.1, 0.15) is 0 Å². The van der Waals surface area contributed by atoms with Gasteiger partial charge >= 0.3 is 0 Å². The van der Waals surface area contributed by atoms with Gasteiger partial charge in [0.2, 0.25) is 0 Å². The van der Waals surface area contributed by atoms with E-state index >= 15 is 0 Å². The molecule has 0 saturated carbocycles. The quantitative estimate of drug-likeness (QED) is 0.785. The van der Waals surface area contributed by atoms with Crippen LogP contribution in [0.5, 0.6) is 0 Å². The molecule has 3 heteroatoms. The highest BCUT2D eigenvalue weighted by atomic mass is 127. The van der Waals surface area contributed by atoms with Crippen molar-refractivity contribution in [2.24, 2.45) is 0 Å². The summed E-state index contributed by atoms with van der Waals surface area (Å²) in [5, 5.41) is 8.97. The summed E-state index contributed by atoms with van der Waals surface area (Å²) in [6.45, 7) is 1.97. The molecule has 1 saturated heterocycles. The molecular formula is C12H13IN2. The lowest BCUT2D eigenvalue weighted by Gasteiger charge is -2.18. The highest BCUT2D eigenvalue weighted by Crippen LogP contribution is 2.19. The summed E-state index contributed by atoms with van der Waals surface area (Å²) in [4.78, 5) is 2.27. The van der Waals surface area contributed by atoms with Crippen LogP contribution >= 0.6 is 22.6 Å². The van der Waals surface area contributed by atoms with Gasteiger partial charge in [-0.15, -0.1) is 0 Å². The number of halogens is 1. The largest absolute Gasteiger partial charge is 0.284 e. The molecule has 0 amide bonds. The van der Waals surface area contributed by atoms with Gasteiger partial charge in [-0.25, -0.2) is 0 Å². The minimum atomic E-state index is 0.129. The van der Waals surface area contributed by atoms with Crippen molar-refractivity contribution in [1.29, 1.82) is 5.26 Å². The van der Waals surface area contributed by atoms with Crippen molar-refractivity contribution in [2.45, 2.75) is 25.4 Å². The number of hydrogen-bond donors (Lipinski definition) is 0. The van der Waals surface area contributed by atoms with Crippen LogP contribution in [0.25, 0.3) is 0 Å². The van der Waals surface area contributed by atoms with Gasteiger partial charge in [-0.3, -0.25) is 4.90 Å². The number of benzene rings is 1. The van der Waals surface area contributed by atoms with Crippen LogP contribution in [-0.2, 0) is 6.54 Å². The molecule has 1 aromatic rings. The Bertz CT molecular complexity index is 366. The molecule has 78 valence electrons. The van der Waals surface area contributed by atoms with E-state index in [0.717, 1.165) is 25.9 Å². The molecule has 1 atom stereocenters. The maximum atomic E-state index is 8.97. The molecule has 2 nitrogen and oxygen atoms in total. The van der Waals surface area contributed by atoms with E-state index in [1.54, 1.807) is 0 Å². The fraction of sp³-hybridized carbons (Fsp3) is 0.417. The van der Waals surface area contributed by atoms with Crippen molar-refractivity contribution in [2.75, 3.05) is 6.54 Å². The first-order chi connectivity index (χ1) is 7.29. The van der Waals surface area contributed by atoms with E-state index in [9.17, 15) is 0 Å². The number of nitriles is 1. The van der Waals surface area contributed by atoms with E-state index in [2.05, 4.69) is 57.8 Å². The molecule has 15 heavy (non-hydrogen) atoms. The Hall–Kier alpha value is -0.600. The van der Waals surface area contributed by atoms with Gasteiger partial charge in [-0.2, -0.15) is 5.26 Å². The van der Waals surface area contributed by atoms with Crippen molar-refractivity contribution in [1.82, 2.24) is 4.90 Å². The van der Waals surface area contributed by atoms with E-state index in [0.29, 0.717) is 0 Å². The fourth-order valence-corrected chi connectivity index (χ4v) is 2.35. The Morgan fingerprint density at radius 2 is 2.13 bits per heavy atom. The maximum absolute atomic E-state index is 8.97. The van der Waals surface area contributed by atoms with Gasteiger partial charge in [-0.1, -0.05) is 12.1 Å². The summed E-state index contributed by atoms with van der Waals surface area (Å²) in [6, 6.07) is 11.0. The lowest BCUT2D eigenvalue weighted by atomic mass is 10.2. The first-order valence-electron chi connectivity index (χ1n) is 5.18. The lowest BCUT2D eigenvalue weighted by molar-refractivity contribution is 0.286. The summed E-state index contributed by atoms with van der Waals surface area (Å²) < 4.78 is 1.26. The molecule has 1 aliphatic heterocycles. The van der Waals surface area contributed by atoms with Crippen LogP contribution in [0.15, 0.2) is 24.3 Å². The normalized spacial score (nSPS) is 21.5. The highest BCUT2D eigenvalue weighted by Gasteiger charge is 2.23. The van der Waals surface area contributed by atoms with E-state index in [1.165, 1.54) is 9.13 Å². The van der Waals surface area contributed by atoms with Crippen molar-refractivity contribution in [3.63, 3.8) is 0 Å². The molecule has 0 aromatic heterocycles. The first kappa shape index (κ1) is 10.9. The second-order valence-electron chi connectivity index (χ2n) is 3.88. The number of nitrogens with zero attached hydrogens (tertiary/aromatic N) is 2. The van der Waals surface area contributed by atoms with Gasteiger partial charge in [0.05, 0.1) is 12.1 Å². The number of hydrogen-bond acceptors (Lipinski definition) is 2. The lowest BCUT2D eigenvalue weighted by Crippen LogP contribution is -2.27. The number of likely N-dealkylation sites (tertiary alicyclic amines) is 1. The molecular weight excluding hydrogens is 299 g/mol. The van der Waals surface area contributed by atoms with Gasteiger partial charge in [0.15, 0.2) is 0 Å². The SMILES string of the molecule is N#CC1CCCN1Cc1ccc(I)cc1. The van der Waals surface area contributed by atoms with Crippen LogP contribution in [0.2, 0.25) is 0 Å². The second-order valence-corrected chi connectivity index (χ2v) is 5.13. The summed E-state index contributed by atoms with van der Waals surface area (Å²) in [7, 11) is 0. The van der Waals surface area contributed by atoms with E-state index in [4.69, 9.17) is 5.26 Å².